The van der Waals surface area contributed by atoms with E-state index < -0.39 is 12.0 Å². The van der Waals surface area contributed by atoms with Crippen molar-refractivity contribution in [3.63, 3.8) is 0 Å². The number of methoxy groups -OCH3 is 1. The molecule has 1 saturated carbocycles. The van der Waals surface area contributed by atoms with Crippen molar-refractivity contribution in [1.29, 1.82) is 0 Å². The van der Waals surface area contributed by atoms with Crippen LogP contribution < -0.4 is 10.1 Å². The normalized spacial score (nSPS) is 14.4. The van der Waals surface area contributed by atoms with E-state index in [1.54, 1.807) is 14.0 Å². The van der Waals surface area contributed by atoms with Crippen molar-refractivity contribution in [1.82, 2.24) is 20.1 Å². The largest absolute Gasteiger partial charge is 0.497 e. The topological polar surface area (TPSA) is 95.3 Å². The number of aromatic nitrogens is 3. The minimum Gasteiger partial charge on any atom is -0.497 e. The van der Waals surface area contributed by atoms with Crippen molar-refractivity contribution in [2.24, 2.45) is 0 Å². The van der Waals surface area contributed by atoms with Gasteiger partial charge < -0.3 is 9.47 Å². The molecule has 0 saturated heterocycles. The number of imide groups is 1. The zero-order chi connectivity index (χ0) is 20.6. The third kappa shape index (κ3) is 5.50. The summed E-state index contributed by atoms with van der Waals surface area (Å²) >= 11 is 1.28. The van der Waals surface area contributed by atoms with E-state index in [-0.39, 0.29) is 12.4 Å². The summed E-state index contributed by atoms with van der Waals surface area (Å²) in [5.41, 5.74) is 0.951. The van der Waals surface area contributed by atoms with Crippen molar-refractivity contribution in [3.8, 4) is 17.1 Å². The Bertz CT molecular complexity index is 832. The van der Waals surface area contributed by atoms with Crippen LogP contribution in [-0.2, 0) is 9.53 Å². The van der Waals surface area contributed by atoms with Gasteiger partial charge in [-0.2, -0.15) is 0 Å². The van der Waals surface area contributed by atoms with Gasteiger partial charge in [-0.3, -0.25) is 14.7 Å². The molecular weight excluding hydrogens is 392 g/mol. The number of carbonyl (C=O) groups is 2. The zero-order valence-corrected chi connectivity index (χ0v) is 17.5. The van der Waals surface area contributed by atoms with Crippen LogP contribution in [0.1, 0.15) is 45.1 Å². The highest BCUT2D eigenvalue weighted by Gasteiger charge is 2.24. The van der Waals surface area contributed by atoms with Crippen molar-refractivity contribution in [3.05, 3.63) is 24.3 Å². The van der Waals surface area contributed by atoms with Crippen LogP contribution in [0.5, 0.6) is 5.75 Å². The van der Waals surface area contributed by atoms with Crippen LogP contribution in [0.3, 0.4) is 0 Å². The lowest BCUT2D eigenvalue weighted by Gasteiger charge is -2.25. The molecule has 8 nitrogen and oxygen atoms in total. The highest BCUT2D eigenvalue weighted by molar-refractivity contribution is 7.99. The van der Waals surface area contributed by atoms with Crippen molar-refractivity contribution < 1.29 is 19.1 Å². The number of ether oxygens (including phenoxy) is 2. The van der Waals surface area contributed by atoms with E-state index >= 15 is 0 Å². The second kappa shape index (κ2) is 10.3. The molecular formula is C20H26N4O4S. The fourth-order valence-electron chi connectivity index (χ4n) is 3.43. The zero-order valence-electron chi connectivity index (χ0n) is 16.7. The molecule has 1 aliphatic carbocycles. The number of amides is 2. The molecule has 0 bridgehead atoms. The van der Waals surface area contributed by atoms with Gasteiger partial charge in [0.15, 0.2) is 11.0 Å². The number of carbonyl (C=O) groups excluding carboxylic acids is 2. The molecule has 29 heavy (non-hydrogen) atoms. The molecule has 9 heteroatoms. The monoisotopic (exact) mass is 418 g/mol. The van der Waals surface area contributed by atoms with Crippen LogP contribution in [0.25, 0.3) is 11.4 Å². The summed E-state index contributed by atoms with van der Waals surface area (Å²) in [4.78, 5) is 23.4. The number of benzene rings is 1. The van der Waals surface area contributed by atoms with Crippen LogP contribution in [0.15, 0.2) is 29.4 Å². The lowest BCUT2D eigenvalue weighted by Crippen LogP contribution is -2.32. The third-order valence-corrected chi connectivity index (χ3v) is 5.74. The van der Waals surface area contributed by atoms with Gasteiger partial charge in [-0.15, -0.1) is 10.2 Å². The van der Waals surface area contributed by atoms with E-state index in [0.717, 1.165) is 30.0 Å². The lowest BCUT2D eigenvalue weighted by molar-refractivity contribution is -0.117. The number of hydrogen-bond acceptors (Lipinski definition) is 7. The number of nitrogens with one attached hydrogen (secondary N) is 1. The first-order valence-electron chi connectivity index (χ1n) is 9.81. The van der Waals surface area contributed by atoms with Gasteiger partial charge in [0.1, 0.15) is 5.75 Å². The summed E-state index contributed by atoms with van der Waals surface area (Å²) in [5.74, 6) is 1.21. The molecule has 1 aliphatic rings. The standard InChI is InChI=1S/C20H26N4O4S/c1-3-28-20(26)21-17(25)13-29-19-23-22-18(14-9-11-16(27-2)12-10-14)24(19)15-7-5-4-6-8-15/h9-12,15H,3-8,13H2,1-2H3,(H,21,25,26). The van der Waals surface area contributed by atoms with Crippen molar-refractivity contribution >= 4 is 23.8 Å². The SMILES string of the molecule is CCOC(=O)NC(=O)CSc1nnc(-c2ccc(OC)cc2)n1C1CCCCC1. The molecule has 0 radical (unpaired) electrons. The maximum absolute atomic E-state index is 12.0. The minimum absolute atomic E-state index is 0.0618. The highest BCUT2D eigenvalue weighted by atomic mass is 32.2. The third-order valence-electron chi connectivity index (χ3n) is 4.80. The Hall–Kier alpha value is -2.55. The Morgan fingerprint density at radius 1 is 1.17 bits per heavy atom. The van der Waals surface area contributed by atoms with E-state index in [9.17, 15) is 9.59 Å². The predicted molar refractivity (Wildman–Crippen MR) is 110 cm³/mol. The van der Waals surface area contributed by atoms with E-state index in [2.05, 4.69) is 20.1 Å². The van der Waals surface area contributed by atoms with Crippen LogP contribution >= 0.6 is 11.8 Å². The average molecular weight is 419 g/mol. The molecule has 156 valence electrons. The average Bonchev–Trinajstić information content (AvgIpc) is 3.17. The Morgan fingerprint density at radius 2 is 1.90 bits per heavy atom. The summed E-state index contributed by atoms with van der Waals surface area (Å²) in [6, 6.07) is 8.02. The fourth-order valence-corrected chi connectivity index (χ4v) is 4.23. The van der Waals surface area contributed by atoms with E-state index in [1.807, 2.05) is 24.3 Å². The molecule has 0 aliphatic heterocycles. The molecule has 0 spiro atoms. The molecule has 0 atom stereocenters. The number of hydrogen-bond donors (Lipinski definition) is 1. The van der Waals surface area contributed by atoms with Gasteiger partial charge in [-0.1, -0.05) is 31.0 Å². The summed E-state index contributed by atoms with van der Waals surface area (Å²) < 4.78 is 12.1. The summed E-state index contributed by atoms with van der Waals surface area (Å²) in [6.07, 6.45) is 4.95. The first-order valence-corrected chi connectivity index (χ1v) is 10.8. The molecule has 1 N–H and O–H groups in total. The number of rotatable bonds is 7. The van der Waals surface area contributed by atoms with Crippen LogP contribution in [-0.4, -0.2) is 46.2 Å². The van der Waals surface area contributed by atoms with Crippen molar-refractivity contribution in [2.75, 3.05) is 19.5 Å². The maximum Gasteiger partial charge on any atom is 0.413 e. The molecule has 1 aromatic heterocycles. The van der Waals surface area contributed by atoms with Crippen LogP contribution in [0.4, 0.5) is 4.79 Å². The molecule has 2 aromatic rings. The van der Waals surface area contributed by atoms with Gasteiger partial charge in [-0.25, -0.2) is 4.79 Å². The van der Waals surface area contributed by atoms with Crippen LogP contribution in [0, 0.1) is 0 Å². The summed E-state index contributed by atoms with van der Waals surface area (Å²) in [6.45, 7) is 1.90. The predicted octanol–water partition coefficient (Wildman–Crippen LogP) is 3.82. The van der Waals surface area contributed by atoms with E-state index in [4.69, 9.17) is 9.47 Å². The maximum atomic E-state index is 12.0. The smallest absolute Gasteiger partial charge is 0.413 e. The summed E-state index contributed by atoms with van der Waals surface area (Å²) in [7, 11) is 1.63. The van der Waals surface area contributed by atoms with Crippen LogP contribution in [0.2, 0.25) is 0 Å². The molecule has 0 unspecified atom stereocenters. The second-order valence-electron chi connectivity index (χ2n) is 6.75. The van der Waals surface area contributed by atoms with Gasteiger partial charge >= 0.3 is 6.09 Å². The molecule has 2 amide bonds. The van der Waals surface area contributed by atoms with Gasteiger partial charge in [0.25, 0.3) is 0 Å². The van der Waals surface area contributed by atoms with E-state index in [1.165, 1.54) is 31.0 Å². The number of alkyl carbamates (subject to hydrolysis) is 1. The first-order chi connectivity index (χ1) is 14.1. The number of nitrogens with zero attached hydrogens (tertiary/aromatic N) is 3. The van der Waals surface area contributed by atoms with Gasteiger partial charge in [0, 0.05) is 11.6 Å². The second-order valence-corrected chi connectivity index (χ2v) is 7.70. The highest BCUT2D eigenvalue weighted by Crippen LogP contribution is 2.35. The van der Waals surface area contributed by atoms with E-state index in [0.29, 0.717) is 11.2 Å². The molecule has 1 aromatic carbocycles. The van der Waals surface area contributed by atoms with Gasteiger partial charge in [-0.05, 0) is 44.0 Å². The Kier molecular flexibility index (Phi) is 7.51. The molecule has 3 rings (SSSR count). The van der Waals surface area contributed by atoms with Crippen molar-refractivity contribution in [2.45, 2.75) is 50.2 Å². The minimum atomic E-state index is -0.731. The number of thioether (sulfide) groups is 1. The lowest BCUT2D eigenvalue weighted by atomic mass is 9.95. The summed E-state index contributed by atoms with van der Waals surface area (Å²) in [5, 5.41) is 11.7. The van der Waals surface area contributed by atoms with Gasteiger partial charge in [0.05, 0.1) is 19.5 Å². The fraction of sp³-hybridized carbons (Fsp3) is 0.500. The molecule has 1 fully saturated rings. The Labute approximate surface area is 174 Å². The Morgan fingerprint density at radius 3 is 2.55 bits per heavy atom. The first kappa shape index (κ1) is 21.2. The molecule has 1 heterocycles. The quantitative estimate of drug-likeness (QED) is 0.683. The van der Waals surface area contributed by atoms with Gasteiger partial charge in [0.2, 0.25) is 5.91 Å². The Balaban J connectivity index is 1.80.